The number of benzene rings is 3. The molecular formula is C29H33N3O2. The molecule has 0 aliphatic carbocycles. The lowest BCUT2D eigenvalue weighted by Crippen LogP contribution is -2.36. The van der Waals surface area contributed by atoms with E-state index >= 15 is 0 Å². The van der Waals surface area contributed by atoms with Gasteiger partial charge in [-0.05, 0) is 68.4 Å². The van der Waals surface area contributed by atoms with E-state index in [0.717, 1.165) is 44.7 Å². The van der Waals surface area contributed by atoms with E-state index < -0.39 is 0 Å². The molecular weight excluding hydrogens is 422 g/mol. The fourth-order valence-electron chi connectivity index (χ4n) is 4.42. The molecule has 5 nitrogen and oxygen atoms in total. The fourth-order valence-corrected chi connectivity index (χ4v) is 4.42. The van der Waals surface area contributed by atoms with Crippen molar-refractivity contribution in [2.24, 2.45) is 0 Å². The van der Waals surface area contributed by atoms with Crippen LogP contribution in [0.15, 0.2) is 78.9 Å². The molecule has 0 atom stereocenters. The Kier molecular flexibility index (Phi) is 8.23. The molecule has 176 valence electrons. The highest BCUT2D eigenvalue weighted by atomic mass is 16.2. The van der Waals surface area contributed by atoms with E-state index in [-0.39, 0.29) is 11.7 Å². The molecule has 1 N–H and O–H groups in total. The molecule has 0 aromatic heterocycles. The minimum atomic E-state index is -0.0182. The van der Waals surface area contributed by atoms with Gasteiger partial charge in [0.2, 0.25) is 5.91 Å². The summed E-state index contributed by atoms with van der Waals surface area (Å²) in [6.45, 7) is 4.09. The molecule has 0 radical (unpaired) electrons. The van der Waals surface area contributed by atoms with E-state index in [1.165, 1.54) is 17.5 Å². The van der Waals surface area contributed by atoms with Crippen LogP contribution in [0.1, 0.15) is 46.3 Å². The summed E-state index contributed by atoms with van der Waals surface area (Å²) in [6, 6.07) is 25.4. The second-order valence-corrected chi connectivity index (χ2v) is 9.15. The third kappa shape index (κ3) is 6.86. The maximum Gasteiger partial charge on any atom is 0.238 e. The third-order valence-corrected chi connectivity index (χ3v) is 6.21. The number of amides is 1. The van der Waals surface area contributed by atoms with E-state index in [1.807, 2.05) is 30.3 Å². The molecule has 5 heteroatoms. The number of carbonyl (C=O) groups is 2. The summed E-state index contributed by atoms with van der Waals surface area (Å²) in [7, 11) is 2.10. The Balaban J connectivity index is 1.29. The van der Waals surface area contributed by atoms with Crippen molar-refractivity contribution in [1.29, 1.82) is 0 Å². The number of nitrogens with zero attached hydrogens (tertiary/aromatic N) is 2. The lowest BCUT2D eigenvalue weighted by atomic mass is 10.0. The van der Waals surface area contributed by atoms with Crippen molar-refractivity contribution in [3.63, 3.8) is 0 Å². The first-order chi connectivity index (χ1) is 16.6. The summed E-state index contributed by atoms with van der Waals surface area (Å²) in [4.78, 5) is 29.7. The summed E-state index contributed by atoms with van der Waals surface area (Å²) in [5, 5.41) is 2.94. The van der Waals surface area contributed by atoms with E-state index in [2.05, 4.69) is 46.4 Å². The van der Waals surface area contributed by atoms with Crippen LogP contribution in [0.4, 0.5) is 5.69 Å². The van der Waals surface area contributed by atoms with Crippen LogP contribution in [0.3, 0.4) is 0 Å². The van der Waals surface area contributed by atoms with Gasteiger partial charge >= 0.3 is 0 Å². The normalized spacial score (nSPS) is 14.2. The number of piperidine rings is 1. The maximum atomic E-state index is 12.9. The van der Waals surface area contributed by atoms with E-state index in [0.29, 0.717) is 17.7 Å². The second kappa shape index (κ2) is 11.7. The van der Waals surface area contributed by atoms with Gasteiger partial charge in [0.05, 0.1) is 6.54 Å². The van der Waals surface area contributed by atoms with E-state index in [9.17, 15) is 9.59 Å². The first-order valence-electron chi connectivity index (χ1n) is 12.1. The highest BCUT2D eigenvalue weighted by molar-refractivity contribution is 6.09. The van der Waals surface area contributed by atoms with Gasteiger partial charge in [0.15, 0.2) is 5.78 Å². The van der Waals surface area contributed by atoms with Crippen LogP contribution in [-0.2, 0) is 17.9 Å². The number of likely N-dealkylation sites (tertiary alicyclic amines) is 1. The number of hydrogen-bond acceptors (Lipinski definition) is 4. The first kappa shape index (κ1) is 23.9. The zero-order valence-corrected chi connectivity index (χ0v) is 19.9. The van der Waals surface area contributed by atoms with Crippen molar-refractivity contribution >= 4 is 17.4 Å². The Morgan fingerprint density at radius 1 is 0.765 bits per heavy atom. The first-order valence-corrected chi connectivity index (χ1v) is 12.1. The van der Waals surface area contributed by atoms with E-state index in [1.54, 1.807) is 24.3 Å². The molecule has 1 fully saturated rings. The summed E-state index contributed by atoms with van der Waals surface area (Å²) < 4.78 is 0. The molecule has 0 unspecified atom stereocenters. The minimum absolute atomic E-state index is 0.00574. The Bertz CT molecular complexity index is 1070. The molecule has 3 aromatic rings. The lowest BCUT2D eigenvalue weighted by molar-refractivity contribution is -0.117. The van der Waals surface area contributed by atoms with Crippen molar-refractivity contribution in [3.8, 4) is 0 Å². The predicted octanol–water partition coefficient (Wildman–Crippen LogP) is 4.97. The van der Waals surface area contributed by atoms with Crippen LogP contribution < -0.4 is 5.32 Å². The van der Waals surface area contributed by atoms with Crippen LogP contribution in [0.5, 0.6) is 0 Å². The Hall–Kier alpha value is -3.28. The highest BCUT2D eigenvalue weighted by Gasteiger charge is 2.14. The molecule has 1 saturated heterocycles. The standard InChI is InChI=1S/C29H33N3O2/c1-31(20-23-8-4-2-5-9-23)21-24-10-12-25(13-11-24)29(34)26-14-16-27(17-15-26)30-28(33)22-32-18-6-3-7-19-32/h2,4-5,8-17H,3,6-7,18-22H2,1H3,(H,30,33). The maximum absolute atomic E-state index is 12.9. The predicted molar refractivity (Wildman–Crippen MR) is 137 cm³/mol. The molecule has 34 heavy (non-hydrogen) atoms. The van der Waals surface area contributed by atoms with Gasteiger partial charge in [-0.2, -0.15) is 0 Å². The van der Waals surface area contributed by atoms with Gasteiger partial charge in [-0.25, -0.2) is 0 Å². The molecule has 0 spiro atoms. The zero-order valence-electron chi connectivity index (χ0n) is 19.9. The molecule has 1 heterocycles. The number of nitrogens with one attached hydrogen (secondary N) is 1. The van der Waals surface area contributed by atoms with Crippen molar-refractivity contribution < 1.29 is 9.59 Å². The van der Waals surface area contributed by atoms with Gasteiger partial charge in [0.25, 0.3) is 0 Å². The van der Waals surface area contributed by atoms with Gasteiger partial charge in [-0.3, -0.25) is 19.4 Å². The smallest absolute Gasteiger partial charge is 0.238 e. The second-order valence-electron chi connectivity index (χ2n) is 9.15. The van der Waals surface area contributed by atoms with Crippen LogP contribution >= 0.6 is 0 Å². The summed E-state index contributed by atoms with van der Waals surface area (Å²) in [5.41, 5.74) is 4.44. The molecule has 1 aliphatic heterocycles. The number of rotatable bonds is 9. The number of hydrogen-bond donors (Lipinski definition) is 1. The van der Waals surface area contributed by atoms with Crippen molar-refractivity contribution in [2.45, 2.75) is 32.4 Å². The van der Waals surface area contributed by atoms with Gasteiger partial charge < -0.3 is 5.32 Å². The Morgan fingerprint density at radius 2 is 1.32 bits per heavy atom. The van der Waals surface area contributed by atoms with Crippen LogP contribution in [-0.4, -0.2) is 48.2 Å². The topological polar surface area (TPSA) is 52.7 Å². The third-order valence-electron chi connectivity index (χ3n) is 6.21. The summed E-state index contributed by atoms with van der Waals surface area (Å²) >= 11 is 0. The Morgan fingerprint density at radius 3 is 1.94 bits per heavy atom. The molecule has 4 rings (SSSR count). The average molecular weight is 456 g/mol. The SMILES string of the molecule is CN(Cc1ccccc1)Cc1ccc(C(=O)c2ccc(NC(=O)CN3CCCCC3)cc2)cc1. The molecule has 3 aromatic carbocycles. The van der Waals surface area contributed by atoms with Gasteiger partial charge in [-0.1, -0.05) is 61.0 Å². The molecule has 0 saturated carbocycles. The highest BCUT2D eigenvalue weighted by Crippen LogP contribution is 2.16. The molecule has 0 bridgehead atoms. The summed E-state index contributed by atoms with van der Waals surface area (Å²) in [5.74, 6) is -0.0239. The lowest BCUT2D eigenvalue weighted by Gasteiger charge is -2.25. The number of anilines is 1. The van der Waals surface area contributed by atoms with Crippen LogP contribution in [0.2, 0.25) is 0 Å². The summed E-state index contributed by atoms with van der Waals surface area (Å²) in [6.07, 6.45) is 3.58. The van der Waals surface area contributed by atoms with Crippen molar-refractivity contribution in [1.82, 2.24) is 9.80 Å². The number of ketones is 1. The fraction of sp³-hybridized carbons (Fsp3) is 0.310. The molecule has 1 aliphatic rings. The van der Waals surface area contributed by atoms with Crippen molar-refractivity contribution in [3.05, 3.63) is 101 Å². The average Bonchev–Trinajstić information content (AvgIpc) is 2.86. The quantitative estimate of drug-likeness (QED) is 0.463. The monoisotopic (exact) mass is 455 g/mol. The van der Waals surface area contributed by atoms with Gasteiger partial charge in [-0.15, -0.1) is 0 Å². The van der Waals surface area contributed by atoms with Crippen LogP contribution in [0, 0.1) is 0 Å². The molecule has 1 amide bonds. The van der Waals surface area contributed by atoms with E-state index in [4.69, 9.17) is 0 Å². The van der Waals surface area contributed by atoms with Crippen LogP contribution in [0.25, 0.3) is 0 Å². The minimum Gasteiger partial charge on any atom is -0.325 e. The Labute approximate surface area is 202 Å². The number of carbonyl (C=O) groups excluding carboxylic acids is 2. The van der Waals surface area contributed by atoms with Crippen molar-refractivity contribution in [2.75, 3.05) is 32.0 Å². The zero-order chi connectivity index (χ0) is 23.8. The largest absolute Gasteiger partial charge is 0.325 e. The van der Waals surface area contributed by atoms with Gasteiger partial charge in [0.1, 0.15) is 0 Å². The van der Waals surface area contributed by atoms with Gasteiger partial charge in [0, 0.05) is 29.9 Å².